The molecule has 82 valence electrons. The van der Waals surface area contributed by atoms with E-state index >= 15 is 0 Å². The third-order valence-corrected chi connectivity index (χ3v) is 2.37. The number of aliphatic hydroxyl groups is 1. The second kappa shape index (κ2) is 4.55. The van der Waals surface area contributed by atoms with E-state index < -0.39 is 5.82 Å². The highest BCUT2D eigenvalue weighted by atomic mass is 35.5. The monoisotopic (exact) mass is 238 g/mol. The number of nitrogens with zero attached hydrogens (tertiary/aromatic N) is 2. The van der Waals surface area contributed by atoms with Crippen LogP contribution in [0.25, 0.3) is 11.4 Å². The molecule has 5 heteroatoms. The van der Waals surface area contributed by atoms with Crippen LogP contribution in [0.2, 0.25) is 5.02 Å². The number of hydrogen-bond donors (Lipinski definition) is 1. The third kappa shape index (κ3) is 2.18. The van der Waals surface area contributed by atoms with Gasteiger partial charge in [-0.1, -0.05) is 11.6 Å². The van der Waals surface area contributed by atoms with Crippen LogP contribution in [0.5, 0.6) is 0 Å². The molecule has 0 aliphatic carbocycles. The first-order valence-electron chi connectivity index (χ1n) is 4.58. The van der Waals surface area contributed by atoms with Gasteiger partial charge in [-0.3, -0.25) is 0 Å². The molecule has 2 aromatic rings. The van der Waals surface area contributed by atoms with Crippen molar-refractivity contribution in [1.29, 1.82) is 0 Å². The molecule has 0 saturated heterocycles. The smallest absolute Gasteiger partial charge is 0.160 e. The van der Waals surface area contributed by atoms with Gasteiger partial charge in [-0.2, -0.15) is 0 Å². The summed E-state index contributed by atoms with van der Waals surface area (Å²) in [6.07, 6.45) is 3.00. The van der Waals surface area contributed by atoms with Gasteiger partial charge in [0.25, 0.3) is 0 Å². The number of halogens is 2. The average molecular weight is 239 g/mol. The molecule has 0 aliphatic heterocycles. The minimum atomic E-state index is -0.402. The molecule has 0 fully saturated rings. The van der Waals surface area contributed by atoms with Crippen LogP contribution >= 0.6 is 11.6 Å². The lowest BCUT2D eigenvalue weighted by molar-refractivity contribution is 0.281. The largest absolute Gasteiger partial charge is 0.392 e. The van der Waals surface area contributed by atoms with Gasteiger partial charge in [-0.15, -0.1) is 0 Å². The number of rotatable bonds is 2. The fraction of sp³-hybridized carbons (Fsp3) is 0.0909. The van der Waals surface area contributed by atoms with Crippen molar-refractivity contribution in [3.05, 3.63) is 47.0 Å². The van der Waals surface area contributed by atoms with Crippen LogP contribution < -0.4 is 0 Å². The highest BCUT2D eigenvalue weighted by molar-refractivity contribution is 6.33. The Balaban J connectivity index is 2.42. The van der Waals surface area contributed by atoms with Gasteiger partial charge in [0.15, 0.2) is 5.82 Å². The quantitative estimate of drug-likeness (QED) is 0.874. The highest BCUT2D eigenvalue weighted by Gasteiger charge is 2.07. The molecule has 1 N–H and O–H groups in total. The van der Waals surface area contributed by atoms with E-state index in [4.69, 9.17) is 16.7 Å². The topological polar surface area (TPSA) is 46.0 Å². The van der Waals surface area contributed by atoms with Gasteiger partial charge in [0.05, 0.1) is 11.6 Å². The molecule has 0 saturated carbocycles. The Morgan fingerprint density at radius 3 is 2.50 bits per heavy atom. The molecule has 1 aromatic carbocycles. The molecular weight excluding hydrogens is 231 g/mol. The molecule has 1 aromatic heterocycles. The minimum Gasteiger partial charge on any atom is -0.392 e. The van der Waals surface area contributed by atoms with E-state index in [1.54, 1.807) is 0 Å². The summed E-state index contributed by atoms with van der Waals surface area (Å²) in [4.78, 5) is 8.06. The van der Waals surface area contributed by atoms with Crippen LogP contribution in [0.4, 0.5) is 4.39 Å². The summed E-state index contributed by atoms with van der Waals surface area (Å²) in [5.74, 6) is 0.00271. The minimum absolute atomic E-state index is 0.114. The third-order valence-electron chi connectivity index (χ3n) is 2.06. The molecule has 0 spiro atoms. The van der Waals surface area contributed by atoms with E-state index in [0.29, 0.717) is 17.0 Å². The summed E-state index contributed by atoms with van der Waals surface area (Å²) in [7, 11) is 0. The lowest BCUT2D eigenvalue weighted by atomic mass is 10.2. The lowest BCUT2D eigenvalue weighted by Gasteiger charge is -2.03. The van der Waals surface area contributed by atoms with Crippen molar-refractivity contribution in [2.24, 2.45) is 0 Å². The van der Waals surface area contributed by atoms with Crippen molar-refractivity contribution < 1.29 is 9.50 Å². The van der Waals surface area contributed by atoms with Gasteiger partial charge in [0.1, 0.15) is 5.82 Å². The SMILES string of the molecule is OCc1cnc(-c2ccc(F)cc2Cl)nc1. The van der Waals surface area contributed by atoms with Crippen LogP contribution in [0.1, 0.15) is 5.56 Å². The van der Waals surface area contributed by atoms with Gasteiger partial charge >= 0.3 is 0 Å². The fourth-order valence-electron chi connectivity index (χ4n) is 1.25. The fourth-order valence-corrected chi connectivity index (χ4v) is 1.50. The Kier molecular flexibility index (Phi) is 3.12. The van der Waals surface area contributed by atoms with E-state index in [9.17, 15) is 4.39 Å². The second-order valence-electron chi connectivity index (χ2n) is 3.20. The van der Waals surface area contributed by atoms with Crippen LogP contribution in [0.3, 0.4) is 0 Å². The molecule has 0 atom stereocenters. The Labute approximate surface area is 96.6 Å². The Morgan fingerprint density at radius 1 is 1.25 bits per heavy atom. The molecule has 0 amide bonds. The number of aromatic nitrogens is 2. The summed E-state index contributed by atoms with van der Waals surface area (Å²) in [6.45, 7) is -0.114. The zero-order chi connectivity index (χ0) is 11.5. The maximum atomic E-state index is 12.8. The van der Waals surface area contributed by atoms with Gasteiger partial charge in [-0.25, -0.2) is 14.4 Å². The zero-order valence-corrected chi connectivity index (χ0v) is 8.95. The maximum Gasteiger partial charge on any atom is 0.160 e. The molecule has 1 heterocycles. The van der Waals surface area contributed by atoms with Gasteiger partial charge in [-0.05, 0) is 18.2 Å². The van der Waals surface area contributed by atoms with E-state index in [1.165, 1.54) is 30.6 Å². The standard InChI is InChI=1S/C11H8ClFN2O/c12-10-3-8(13)1-2-9(10)11-14-4-7(6-16)5-15-11/h1-5,16H,6H2. The van der Waals surface area contributed by atoms with E-state index in [1.807, 2.05) is 0 Å². The highest BCUT2D eigenvalue weighted by Crippen LogP contribution is 2.25. The Morgan fingerprint density at radius 2 is 1.94 bits per heavy atom. The molecule has 16 heavy (non-hydrogen) atoms. The van der Waals surface area contributed by atoms with Crippen LogP contribution in [0.15, 0.2) is 30.6 Å². The van der Waals surface area contributed by atoms with Gasteiger partial charge in [0.2, 0.25) is 0 Å². The summed E-state index contributed by atoms with van der Waals surface area (Å²) >= 11 is 5.87. The summed E-state index contributed by atoms with van der Waals surface area (Å²) in [5, 5.41) is 9.10. The first kappa shape index (κ1) is 11.0. The summed E-state index contributed by atoms with van der Waals surface area (Å²) < 4.78 is 12.8. The van der Waals surface area contributed by atoms with Crippen LogP contribution in [-0.2, 0) is 6.61 Å². The molecule has 0 unspecified atom stereocenters. The van der Waals surface area contributed by atoms with Crippen molar-refractivity contribution in [3.8, 4) is 11.4 Å². The molecule has 0 bridgehead atoms. The van der Waals surface area contributed by atoms with Gasteiger partial charge < -0.3 is 5.11 Å². The van der Waals surface area contributed by atoms with E-state index in [-0.39, 0.29) is 11.6 Å². The zero-order valence-electron chi connectivity index (χ0n) is 8.19. The van der Waals surface area contributed by atoms with Gasteiger partial charge in [0, 0.05) is 23.5 Å². The van der Waals surface area contributed by atoms with Crippen molar-refractivity contribution in [2.75, 3.05) is 0 Å². The second-order valence-corrected chi connectivity index (χ2v) is 3.60. The number of benzene rings is 1. The van der Waals surface area contributed by atoms with Crippen molar-refractivity contribution in [1.82, 2.24) is 9.97 Å². The van der Waals surface area contributed by atoms with Crippen LogP contribution in [-0.4, -0.2) is 15.1 Å². The summed E-state index contributed by atoms with van der Waals surface area (Å²) in [6, 6.07) is 4.02. The Bertz CT molecular complexity index is 502. The maximum absolute atomic E-state index is 12.8. The van der Waals surface area contributed by atoms with Crippen LogP contribution in [0, 0.1) is 5.82 Å². The molecular formula is C11H8ClFN2O. The van der Waals surface area contributed by atoms with E-state index in [0.717, 1.165) is 0 Å². The predicted octanol–water partition coefficient (Wildman–Crippen LogP) is 2.43. The first-order chi connectivity index (χ1) is 7.70. The molecule has 3 nitrogen and oxygen atoms in total. The molecule has 0 aliphatic rings. The average Bonchev–Trinajstić information content (AvgIpc) is 2.29. The number of aliphatic hydroxyl groups excluding tert-OH is 1. The van der Waals surface area contributed by atoms with Crippen molar-refractivity contribution in [3.63, 3.8) is 0 Å². The van der Waals surface area contributed by atoms with Crippen molar-refractivity contribution in [2.45, 2.75) is 6.61 Å². The lowest BCUT2D eigenvalue weighted by Crippen LogP contribution is -1.93. The summed E-state index contributed by atoms with van der Waals surface area (Å²) in [5.41, 5.74) is 1.18. The molecule has 2 rings (SSSR count). The van der Waals surface area contributed by atoms with Crippen molar-refractivity contribution >= 4 is 11.6 Å². The Hall–Kier alpha value is -1.52. The van der Waals surface area contributed by atoms with E-state index in [2.05, 4.69) is 9.97 Å². The molecule has 0 radical (unpaired) electrons. The normalized spacial score (nSPS) is 10.4. The number of hydrogen-bond acceptors (Lipinski definition) is 3. The predicted molar refractivity (Wildman–Crippen MR) is 58.4 cm³/mol. The first-order valence-corrected chi connectivity index (χ1v) is 4.95.